The Morgan fingerprint density at radius 3 is 2.76 bits per heavy atom. The van der Waals surface area contributed by atoms with Gasteiger partial charge in [0.15, 0.2) is 5.75 Å². The molecule has 0 radical (unpaired) electrons. The van der Waals surface area contributed by atoms with Crippen LogP contribution in [0.4, 0.5) is 18.9 Å². The third-order valence-electron chi connectivity index (χ3n) is 2.32. The van der Waals surface area contributed by atoms with Crippen LogP contribution in [0.1, 0.15) is 5.56 Å². The Balaban J connectivity index is 2.49. The second-order valence-electron chi connectivity index (χ2n) is 3.59. The summed E-state index contributed by atoms with van der Waals surface area (Å²) in [5.74, 6) is -0.954. The van der Waals surface area contributed by atoms with E-state index in [0.717, 1.165) is 6.07 Å². The van der Waals surface area contributed by atoms with E-state index in [1.54, 1.807) is 0 Å². The number of nitrogens with two attached hydrogens (primary N) is 1. The third kappa shape index (κ3) is 2.19. The molecule has 0 aromatic heterocycles. The summed E-state index contributed by atoms with van der Waals surface area (Å²) < 4.78 is 43.0. The van der Waals surface area contributed by atoms with Crippen molar-refractivity contribution < 1.29 is 22.7 Å². The zero-order valence-electron chi connectivity index (χ0n) is 8.54. The largest absolute Gasteiger partial charge is 0.489 e. The molecule has 0 saturated heterocycles. The summed E-state index contributed by atoms with van der Waals surface area (Å²) in [5.41, 5.74) is 4.46. The number of fused-ring (bicyclic) bond motifs is 1. The number of amides is 1. The van der Waals surface area contributed by atoms with Gasteiger partial charge in [-0.3, -0.25) is 4.79 Å². The number of alkyl halides is 3. The SMILES string of the molecule is N[C@H]1COc2c(cccc2C(F)(F)F)NC1=O. The molecular formula is C10H9F3N2O2. The molecule has 0 saturated carbocycles. The molecule has 0 unspecified atom stereocenters. The minimum Gasteiger partial charge on any atom is -0.489 e. The smallest absolute Gasteiger partial charge is 0.420 e. The molecule has 92 valence electrons. The monoisotopic (exact) mass is 246 g/mol. The second-order valence-corrected chi connectivity index (χ2v) is 3.59. The number of hydrogen-bond donors (Lipinski definition) is 2. The fourth-order valence-electron chi connectivity index (χ4n) is 1.49. The van der Waals surface area contributed by atoms with Crippen molar-refractivity contribution in [2.75, 3.05) is 11.9 Å². The number of rotatable bonds is 0. The van der Waals surface area contributed by atoms with E-state index in [0.29, 0.717) is 0 Å². The summed E-state index contributed by atoms with van der Waals surface area (Å²) in [7, 11) is 0. The summed E-state index contributed by atoms with van der Waals surface area (Å²) in [5, 5.41) is 2.30. The fourth-order valence-corrected chi connectivity index (χ4v) is 1.49. The Morgan fingerprint density at radius 2 is 2.12 bits per heavy atom. The van der Waals surface area contributed by atoms with E-state index in [-0.39, 0.29) is 18.0 Å². The maximum atomic E-state index is 12.7. The van der Waals surface area contributed by atoms with Gasteiger partial charge in [0.25, 0.3) is 0 Å². The lowest BCUT2D eigenvalue weighted by atomic mass is 10.1. The molecule has 0 fully saturated rings. The number of carbonyl (C=O) groups excluding carboxylic acids is 1. The van der Waals surface area contributed by atoms with Crippen LogP contribution in [0.15, 0.2) is 18.2 Å². The Kier molecular flexibility index (Phi) is 2.70. The molecule has 1 heterocycles. The lowest BCUT2D eigenvalue weighted by Crippen LogP contribution is -2.38. The van der Waals surface area contributed by atoms with Crippen LogP contribution in [0.3, 0.4) is 0 Å². The minimum absolute atomic E-state index is 0.0159. The zero-order chi connectivity index (χ0) is 12.6. The average molecular weight is 246 g/mol. The van der Waals surface area contributed by atoms with Crippen molar-refractivity contribution in [1.29, 1.82) is 0 Å². The predicted molar refractivity (Wildman–Crippen MR) is 53.5 cm³/mol. The Bertz CT molecular complexity index is 459. The number of nitrogens with one attached hydrogen (secondary N) is 1. The number of para-hydroxylation sites is 1. The maximum Gasteiger partial charge on any atom is 0.420 e. The highest BCUT2D eigenvalue weighted by Gasteiger charge is 2.37. The first kappa shape index (κ1) is 11.7. The molecule has 4 nitrogen and oxygen atoms in total. The summed E-state index contributed by atoms with van der Waals surface area (Å²) >= 11 is 0. The quantitative estimate of drug-likeness (QED) is 0.726. The van der Waals surface area contributed by atoms with Gasteiger partial charge in [-0.25, -0.2) is 0 Å². The topological polar surface area (TPSA) is 64.3 Å². The fraction of sp³-hybridized carbons (Fsp3) is 0.300. The molecule has 17 heavy (non-hydrogen) atoms. The Morgan fingerprint density at radius 1 is 1.41 bits per heavy atom. The molecule has 1 atom stereocenters. The van der Waals surface area contributed by atoms with Crippen molar-refractivity contribution in [1.82, 2.24) is 0 Å². The lowest BCUT2D eigenvalue weighted by Gasteiger charge is -2.14. The first-order valence-corrected chi connectivity index (χ1v) is 4.79. The zero-order valence-corrected chi connectivity index (χ0v) is 8.54. The molecule has 0 bridgehead atoms. The number of anilines is 1. The summed E-state index contributed by atoms with van der Waals surface area (Å²) in [6, 6.07) is 2.44. The Labute approximate surface area is 94.5 Å². The Hall–Kier alpha value is -1.76. The van der Waals surface area contributed by atoms with Gasteiger partial charge in [-0.2, -0.15) is 13.2 Å². The molecule has 0 aliphatic carbocycles. The van der Waals surface area contributed by atoms with Crippen LogP contribution in [-0.4, -0.2) is 18.6 Å². The van der Waals surface area contributed by atoms with Crippen molar-refractivity contribution in [2.45, 2.75) is 12.2 Å². The molecular weight excluding hydrogens is 237 g/mol. The summed E-state index contributed by atoms with van der Waals surface area (Å²) in [6.45, 7) is -0.286. The molecule has 1 aliphatic rings. The third-order valence-corrected chi connectivity index (χ3v) is 2.32. The molecule has 1 aromatic carbocycles. The molecule has 2 rings (SSSR count). The van der Waals surface area contributed by atoms with Gasteiger partial charge < -0.3 is 15.8 Å². The van der Waals surface area contributed by atoms with Crippen LogP contribution >= 0.6 is 0 Å². The first-order valence-electron chi connectivity index (χ1n) is 4.79. The molecule has 7 heteroatoms. The van der Waals surface area contributed by atoms with E-state index in [9.17, 15) is 18.0 Å². The number of benzene rings is 1. The number of hydrogen-bond acceptors (Lipinski definition) is 3. The van der Waals surface area contributed by atoms with Crippen molar-refractivity contribution in [3.05, 3.63) is 23.8 Å². The van der Waals surface area contributed by atoms with Gasteiger partial charge in [-0.1, -0.05) is 6.07 Å². The van der Waals surface area contributed by atoms with Crippen molar-refractivity contribution in [3.63, 3.8) is 0 Å². The van der Waals surface area contributed by atoms with E-state index < -0.39 is 23.7 Å². The van der Waals surface area contributed by atoms with Crippen molar-refractivity contribution in [3.8, 4) is 5.75 Å². The van der Waals surface area contributed by atoms with Gasteiger partial charge in [0.1, 0.15) is 12.6 Å². The van der Waals surface area contributed by atoms with Crippen LogP contribution in [0.5, 0.6) is 5.75 Å². The first-order chi connectivity index (χ1) is 7.89. The average Bonchev–Trinajstić information content (AvgIpc) is 2.37. The van der Waals surface area contributed by atoms with Gasteiger partial charge in [0.2, 0.25) is 5.91 Å². The van der Waals surface area contributed by atoms with Crippen molar-refractivity contribution in [2.24, 2.45) is 5.73 Å². The predicted octanol–water partition coefficient (Wildman–Crippen LogP) is 1.36. The van der Waals surface area contributed by atoms with E-state index in [1.807, 2.05) is 0 Å². The van der Waals surface area contributed by atoms with E-state index in [1.165, 1.54) is 12.1 Å². The summed E-state index contributed by atoms with van der Waals surface area (Å²) in [6.07, 6.45) is -4.54. The summed E-state index contributed by atoms with van der Waals surface area (Å²) in [4.78, 5) is 11.3. The van der Waals surface area contributed by atoms with Crippen LogP contribution < -0.4 is 15.8 Å². The van der Waals surface area contributed by atoms with E-state index in [4.69, 9.17) is 10.5 Å². The van der Waals surface area contributed by atoms with E-state index >= 15 is 0 Å². The number of halogens is 3. The van der Waals surface area contributed by atoms with Gasteiger partial charge >= 0.3 is 6.18 Å². The molecule has 1 aromatic rings. The molecule has 0 spiro atoms. The highest BCUT2D eigenvalue weighted by molar-refractivity contribution is 5.97. The van der Waals surface area contributed by atoms with E-state index in [2.05, 4.69) is 5.32 Å². The number of carbonyl (C=O) groups is 1. The van der Waals surface area contributed by atoms with Gasteiger partial charge in [-0.15, -0.1) is 0 Å². The number of ether oxygens (including phenoxy) is 1. The molecule has 1 aliphatic heterocycles. The second kappa shape index (κ2) is 3.92. The van der Waals surface area contributed by atoms with Gasteiger partial charge in [0, 0.05) is 0 Å². The van der Waals surface area contributed by atoms with Gasteiger partial charge in [-0.05, 0) is 12.1 Å². The molecule has 1 amide bonds. The highest BCUT2D eigenvalue weighted by atomic mass is 19.4. The molecule has 3 N–H and O–H groups in total. The van der Waals surface area contributed by atoms with Crippen LogP contribution in [-0.2, 0) is 11.0 Å². The van der Waals surface area contributed by atoms with Gasteiger partial charge in [0.05, 0.1) is 11.3 Å². The lowest BCUT2D eigenvalue weighted by molar-refractivity contribution is -0.138. The minimum atomic E-state index is -4.54. The van der Waals surface area contributed by atoms with Crippen LogP contribution in [0.25, 0.3) is 0 Å². The standard InChI is InChI=1S/C10H9F3N2O2/c11-10(12,13)5-2-1-3-7-8(5)17-4-6(14)9(16)15-7/h1-3,6H,4,14H2,(H,15,16)/t6-/m0/s1. The van der Waals surface area contributed by atoms with Crippen LogP contribution in [0, 0.1) is 0 Å². The maximum absolute atomic E-state index is 12.7. The van der Waals surface area contributed by atoms with Crippen molar-refractivity contribution >= 4 is 11.6 Å². The highest BCUT2D eigenvalue weighted by Crippen LogP contribution is 2.41. The van der Waals surface area contributed by atoms with Crippen LogP contribution in [0.2, 0.25) is 0 Å². The normalized spacial score (nSPS) is 20.0.